The monoisotopic (exact) mass is 1010 g/mol. The first kappa shape index (κ1) is 58.6. The lowest BCUT2D eigenvalue weighted by molar-refractivity contribution is -0.144. The summed E-state index contributed by atoms with van der Waals surface area (Å²) in [7, 11) is 3.34. The van der Waals surface area contributed by atoms with Gasteiger partial charge >= 0.3 is 0 Å². The topological polar surface area (TPSA) is 239 Å². The van der Waals surface area contributed by atoms with Crippen molar-refractivity contribution in [3.05, 3.63) is 0 Å². The van der Waals surface area contributed by atoms with Gasteiger partial charge in [-0.3, -0.25) is 38.4 Å². The molecule has 0 aromatic heterocycles. The number of carbonyl (C=O) groups is 8. The Labute approximate surface area is 430 Å². The van der Waals surface area contributed by atoms with Crippen molar-refractivity contribution in [3.8, 4) is 0 Å². The van der Waals surface area contributed by atoms with Gasteiger partial charge in [0.2, 0.25) is 47.3 Å². The van der Waals surface area contributed by atoms with E-state index >= 15 is 0 Å². The fraction of sp³-hybridized carbons (Fsp3) is 0.852. The van der Waals surface area contributed by atoms with Crippen LogP contribution in [0.25, 0.3) is 0 Å². The van der Waals surface area contributed by atoms with Crippen molar-refractivity contribution in [1.82, 2.24) is 52.3 Å². The molecule has 2 unspecified atom stereocenters. The van der Waals surface area contributed by atoms with Gasteiger partial charge in [0.05, 0.1) is 12.1 Å². The lowest BCUT2D eigenvalue weighted by atomic mass is 9.80. The van der Waals surface area contributed by atoms with Gasteiger partial charge in [-0.15, -0.1) is 0 Å². The molecule has 0 aromatic rings. The molecule has 0 aromatic carbocycles. The molecule has 0 bridgehead atoms. The number of carbonyl (C=O) groups excluding carboxylic acids is 8. The van der Waals surface area contributed by atoms with Gasteiger partial charge in [0.15, 0.2) is 0 Å². The fourth-order valence-electron chi connectivity index (χ4n) is 11.7. The van der Waals surface area contributed by atoms with E-state index in [4.69, 9.17) is 0 Å². The van der Waals surface area contributed by atoms with Crippen LogP contribution in [0.4, 0.5) is 0 Å². The molecule has 3 aliphatic carbocycles. The number of nitrogens with one attached hydrogen (secondary N) is 8. The van der Waals surface area contributed by atoms with Gasteiger partial charge in [0, 0.05) is 49.1 Å². The van der Waals surface area contributed by atoms with Gasteiger partial charge < -0.3 is 52.3 Å². The molecule has 8 N–H and O–H groups in total. The van der Waals surface area contributed by atoms with E-state index in [2.05, 4.69) is 42.5 Å². The average Bonchev–Trinajstić information content (AvgIpc) is 3.98. The van der Waals surface area contributed by atoms with Crippen molar-refractivity contribution in [3.63, 3.8) is 0 Å². The third-order valence-electron chi connectivity index (χ3n) is 16.8. The summed E-state index contributed by atoms with van der Waals surface area (Å²) >= 11 is 0. The summed E-state index contributed by atoms with van der Waals surface area (Å²) in [6, 6.07) is -5.98. The summed E-state index contributed by atoms with van der Waals surface area (Å²) in [6.45, 7) is 18.9. The van der Waals surface area contributed by atoms with Crippen LogP contribution in [-0.4, -0.2) is 145 Å². The summed E-state index contributed by atoms with van der Waals surface area (Å²) in [6.07, 6.45) is 13.4. The molecule has 2 aliphatic heterocycles. The van der Waals surface area contributed by atoms with Crippen molar-refractivity contribution < 1.29 is 38.4 Å². The van der Waals surface area contributed by atoms with E-state index in [0.717, 1.165) is 51.4 Å². The van der Waals surface area contributed by atoms with Crippen LogP contribution in [0.2, 0.25) is 0 Å². The molecule has 8 amide bonds. The summed E-state index contributed by atoms with van der Waals surface area (Å²) in [5, 5.41) is 24.5. The largest absolute Gasteiger partial charge is 0.352 e. The second kappa shape index (κ2) is 25.8. The van der Waals surface area contributed by atoms with Crippen LogP contribution in [0.1, 0.15) is 172 Å². The number of nitrogens with zero attached hydrogens (tertiary/aromatic N) is 2. The Bertz CT molecular complexity index is 1770. The number of rotatable bonds is 18. The Balaban J connectivity index is 1.29. The Kier molecular flexibility index (Phi) is 21.0. The molecule has 18 nitrogen and oxygen atoms in total. The maximum absolute atomic E-state index is 14.6. The molecule has 5 fully saturated rings. The molecule has 5 rings (SSSR count). The highest BCUT2D eigenvalue weighted by molar-refractivity contribution is 5.95. The molecule has 408 valence electrons. The van der Waals surface area contributed by atoms with Crippen LogP contribution in [0.15, 0.2) is 0 Å². The molecule has 0 spiro atoms. The molecule has 18 heteroatoms. The predicted octanol–water partition coefficient (Wildman–Crippen LogP) is 3.41. The van der Waals surface area contributed by atoms with Crippen molar-refractivity contribution in [2.45, 2.75) is 232 Å². The minimum absolute atomic E-state index is 0.0838. The summed E-state index contributed by atoms with van der Waals surface area (Å²) in [5.74, 6) is -2.80. The third-order valence-corrected chi connectivity index (χ3v) is 16.8. The molecular formula is C54H94N10O8. The smallest absolute Gasteiger partial charge is 0.246 e. The maximum Gasteiger partial charge on any atom is 0.246 e. The first-order valence-corrected chi connectivity index (χ1v) is 27.6. The van der Waals surface area contributed by atoms with Gasteiger partial charge in [0.1, 0.15) is 24.2 Å². The van der Waals surface area contributed by atoms with E-state index in [9.17, 15) is 38.4 Å². The number of likely N-dealkylation sites (N-methyl/N-ethyl adjacent to an activating group) is 2. The Morgan fingerprint density at radius 1 is 0.444 bits per heavy atom. The predicted molar refractivity (Wildman–Crippen MR) is 278 cm³/mol. The van der Waals surface area contributed by atoms with Crippen LogP contribution in [0.5, 0.6) is 0 Å². The van der Waals surface area contributed by atoms with Crippen molar-refractivity contribution in [2.24, 2.45) is 34.5 Å². The normalized spacial score (nSPS) is 27.1. The van der Waals surface area contributed by atoms with Gasteiger partial charge in [-0.25, -0.2) is 0 Å². The standard InChI is InChI=1S/C54H94N10O8/c1-31(35-20-15-13-16-21-35)57-49(69)41-27-39(29-63(41)51(71)43(53(5,6)7)61-45(65)33(3)55-11)59-47(67)37-24-19-25-38(26-37)48(68)60-40-28-42(50(70)58-32(2)36-22-17-14-18-23-36)64(30-40)52(72)44(54(8,9)10)62-46(66)34(4)56-12/h31-44,55-56H,13-30H2,1-12H3,(H,57,69)(H,58,70)(H,59,67)(H,60,68)(H,61,65)(H,62,66)/t31-,32-,33+,34+,37?,38?,39+,40+,41+,42+,43-,44-/m1/s1. The number of likely N-dealkylation sites (tertiary alicyclic amines) is 2. The third kappa shape index (κ3) is 15.4. The van der Waals surface area contributed by atoms with Gasteiger partial charge in [-0.05, 0) is 122 Å². The molecule has 0 radical (unpaired) electrons. The minimum atomic E-state index is -0.938. The maximum atomic E-state index is 14.6. The van der Waals surface area contributed by atoms with Gasteiger partial charge in [0.25, 0.3) is 0 Å². The summed E-state index contributed by atoms with van der Waals surface area (Å²) in [5.41, 5.74) is -1.39. The zero-order valence-corrected chi connectivity index (χ0v) is 46.0. The highest BCUT2D eigenvalue weighted by atomic mass is 16.2. The second-order valence-electron chi connectivity index (χ2n) is 24.5. The lowest BCUT2D eigenvalue weighted by Gasteiger charge is -2.36. The highest BCUT2D eigenvalue weighted by Crippen LogP contribution is 2.34. The van der Waals surface area contributed by atoms with Crippen LogP contribution < -0.4 is 42.5 Å². The van der Waals surface area contributed by atoms with E-state index in [-0.39, 0.29) is 91.7 Å². The Morgan fingerprint density at radius 3 is 1.11 bits per heavy atom. The summed E-state index contributed by atoms with van der Waals surface area (Å²) < 4.78 is 0. The molecule has 2 heterocycles. The molecule has 72 heavy (non-hydrogen) atoms. The van der Waals surface area contributed by atoms with Crippen LogP contribution in [0.3, 0.4) is 0 Å². The molecular weight excluding hydrogens is 917 g/mol. The van der Waals surface area contributed by atoms with Gasteiger partial charge in [-0.2, -0.15) is 0 Å². The van der Waals surface area contributed by atoms with Crippen LogP contribution in [-0.2, 0) is 38.4 Å². The van der Waals surface area contributed by atoms with E-state index in [0.29, 0.717) is 31.1 Å². The number of hydrogen-bond acceptors (Lipinski definition) is 10. The minimum Gasteiger partial charge on any atom is -0.352 e. The molecule has 12 atom stereocenters. The fourth-order valence-corrected chi connectivity index (χ4v) is 11.7. The molecule has 5 aliphatic rings. The number of amides is 8. The van der Waals surface area contributed by atoms with E-state index in [1.54, 1.807) is 27.9 Å². The van der Waals surface area contributed by atoms with Crippen LogP contribution >= 0.6 is 0 Å². The lowest BCUT2D eigenvalue weighted by Crippen LogP contribution is -2.60. The SMILES string of the molecule is CN[C@@H](C)C(=O)N[C@H](C(=O)N1C[C@@H](NC(=O)C2CCCC(C(=O)N[C@H]3C[C@@H](C(=O)N[C@H](C)C4CCCCC4)N(C(=O)[C@@H](NC(=O)[C@H](C)NC)C(C)(C)C)C3)C2)C[C@H]1C(=O)N[C@H](C)C1CCCCC1)C(C)(C)C. The molecule has 3 saturated carbocycles. The molecule has 2 saturated heterocycles. The average molecular weight is 1010 g/mol. The van der Waals surface area contributed by atoms with Crippen molar-refractivity contribution in [2.75, 3.05) is 27.2 Å². The number of hydrogen-bond donors (Lipinski definition) is 8. The van der Waals surface area contributed by atoms with E-state index < -0.39 is 71.0 Å². The van der Waals surface area contributed by atoms with Crippen molar-refractivity contribution in [1.29, 1.82) is 0 Å². The van der Waals surface area contributed by atoms with E-state index in [1.807, 2.05) is 55.4 Å². The summed E-state index contributed by atoms with van der Waals surface area (Å²) in [4.78, 5) is 116. The Hall–Kier alpha value is -4.32. The zero-order valence-electron chi connectivity index (χ0n) is 46.0. The second-order valence-corrected chi connectivity index (χ2v) is 24.5. The van der Waals surface area contributed by atoms with Crippen LogP contribution in [0, 0.1) is 34.5 Å². The zero-order chi connectivity index (χ0) is 53.2. The first-order valence-electron chi connectivity index (χ1n) is 27.6. The Morgan fingerprint density at radius 2 is 0.792 bits per heavy atom. The van der Waals surface area contributed by atoms with Crippen molar-refractivity contribution >= 4 is 47.3 Å². The van der Waals surface area contributed by atoms with Gasteiger partial charge in [-0.1, -0.05) is 86.5 Å². The highest BCUT2D eigenvalue weighted by Gasteiger charge is 2.49. The van der Waals surface area contributed by atoms with E-state index in [1.165, 1.54) is 22.6 Å². The first-order chi connectivity index (χ1) is 33.8. The quantitative estimate of drug-likeness (QED) is 0.0996.